The Morgan fingerprint density at radius 1 is 0.323 bits per heavy atom. The molecule has 0 spiro atoms. The average molecular weight is 791 g/mol. The van der Waals surface area contributed by atoms with Crippen LogP contribution in [0, 0.1) is 0 Å². The second kappa shape index (κ2) is 14.5. The zero-order valence-electron chi connectivity index (χ0n) is 33.7. The summed E-state index contributed by atoms with van der Waals surface area (Å²) in [4.78, 5) is 10.7. The first kappa shape index (κ1) is 35.8. The van der Waals surface area contributed by atoms with Crippen molar-refractivity contribution in [1.82, 2.24) is 9.97 Å². The van der Waals surface area contributed by atoms with Gasteiger partial charge in [-0.25, -0.2) is 9.97 Å². The third-order valence-electron chi connectivity index (χ3n) is 12.6. The maximum Gasteiger partial charge on any atom is 0.160 e. The fourth-order valence-corrected chi connectivity index (χ4v) is 9.95. The van der Waals surface area contributed by atoms with Gasteiger partial charge in [0.25, 0.3) is 0 Å². The summed E-state index contributed by atoms with van der Waals surface area (Å²) in [6, 6.07) is 82.3. The van der Waals surface area contributed by atoms with Crippen molar-refractivity contribution in [3.05, 3.63) is 253 Å². The van der Waals surface area contributed by atoms with Gasteiger partial charge in [0.1, 0.15) is 11.2 Å². The Labute approximate surface area is 360 Å². The first-order valence-corrected chi connectivity index (χ1v) is 21.2. The van der Waals surface area contributed by atoms with Crippen molar-refractivity contribution in [2.24, 2.45) is 0 Å². The topological polar surface area (TPSA) is 38.9 Å². The molecule has 0 radical (unpaired) electrons. The lowest BCUT2D eigenvalue weighted by atomic mass is 9.67. The number of rotatable bonds is 7. The van der Waals surface area contributed by atoms with Gasteiger partial charge in [0.15, 0.2) is 5.82 Å². The largest absolute Gasteiger partial charge is 0.456 e. The Hall–Kier alpha value is -8.14. The van der Waals surface area contributed by atoms with E-state index in [9.17, 15) is 0 Å². The van der Waals surface area contributed by atoms with E-state index >= 15 is 0 Å². The van der Waals surface area contributed by atoms with Crippen molar-refractivity contribution in [3.63, 3.8) is 0 Å². The molecule has 1 aliphatic rings. The summed E-state index contributed by atoms with van der Waals surface area (Å²) in [5.41, 5.74) is 18.0. The lowest BCUT2D eigenvalue weighted by molar-refractivity contribution is 0.669. The number of fused-ring (bicyclic) bond motifs is 6. The quantitative estimate of drug-likeness (QED) is 0.161. The first-order chi connectivity index (χ1) is 30.8. The van der Waals surface area contributed by atoms with Crippen LogP contribution in [-0.4, -0.2) is 9.97 Å². The molecular formula is C59H38N2O. The van der Waals surface area contributed by atoms with Crippen LogP contribution in [-0.2, 0) is 5.41 Å². The van der Waals surface area contributed by atoms with E-state index in [0.717, 1.165) is 66.7 Å². The highest BCUT2D eigenvalue weighted by Gasteiger charge is 2.46. The standard InChI is InChI=1S/C59H38N2O/c1-4-19-39(20-5-1)58-60-53(45-27-12-10-25-43(45)40-35-36-56-50(37-40)47-29-15-17-34-55(47)62-56)38-54(61-58)46-28-13-11-26-44(46)48-31-18-33-52-57(48)49-30-14-16-32-51(49)59(52,41-21-6-2-7-22-41)42-23-8-3-9-24-42/h1-38H. The van der Waals surface area contributed by atoms with Gasteiger partial charge in [-0.1, -0.05) is 206 Å². The van der Waals surface area contributed by atoms with Gasteiger partial charge < -0.3 is 4.42 Å². The van der Waals surface area contributed by atoms with Crippen LogP contribution in [0.2, 0.25) is 0 Å². The van der Waals surface area contributed by atoms with Gasteiger partial charge in [0, 0.05) is 27.5 Å². The Morgan fingerprint density at radius 2 is 0.839 bits per heavy atom. The highest BCUT2D eigenvalue weighted by atomic mass is 16.3. The molecule has 0 saturated heterocycles. The molecule has 62 heavy (non-hydrogen) atoms. The van der Waals surface area contributed by atoms with Crippen molar-refractivity contribution in [1.29, 1.82) is 0 Å². The Bertz CT molecular complexity index is 3420. The van der Waals surface area contributed by atoms with Gasteiger partial charge in [0.2, 0.25) is 0 Å². The van der Waals surface area contributed by atoms with E-state index < -0.39 is 5.41 Å². The van der Waals surface area contributed by atoms with E-state index in [1.54, 1.807) is 0 Å². The second-order valence-electron chi connectivity index (χ2n) is 16.0. The summed E-state index contributed by atoms with van der Waals surface area (Å²) in [6.45, 7) is 0. The molecule has 0 aliphatic heterocycles. The minimum atomic E-state index is -0.503. The monoisotopic (exact) mass is 790 g/mol. The SMILES string of the molecule is c1ccc(-c2nc(-c3ccccc3-c3ccc4oc5ccccc5c4c3)cc(-c3ccccc3-c3cccc4c3-c3ccccc3C4(c3ccccc3)c3ccccc3)n2)cc1. The van der Waals surface area contributed by atoms with Crippen LogP contribution in [0.3, 0.4) is 0 Å². The highest BCUT2D eigenvalue weighted by Crippen LogP contribution is 2.58. The van der Waals surface area contributed by atoms with Crippen LogP contribution in [0.5, 0.6) is 0 Å². The molecule has 2 aromatic heterocycles. The number of nitrogens with zero attached hydrogens (tertiary/aromatic N) is 2. The zero-order valence-corrected chi connectivity index (χ0v) is 33.7. The molecule has 0 unspecified atom stereocenters. The molecule has 12 rings (SSSR count). The maximum absolute atomic E-state index is 6.22. The fraction of sp³-hybridized carbons (Fsp3) is 0.0169. The van der Waals surface area contributed by atoms with Crippen LogP contribution in [0.4, 0.5) is 0 Å². The Morgan fingerprint density at radius 3 is 1.55 bits per heavy atom. The predicted octanol–water partition coefficient (Wildman–Crippen LogP) is 15.1. The Kier molecular flexibility index (Phi) is 8.39. The average Bonchev–Trinajstić information content (AvgIpc) is 3.88. The molecule has 9 aromatic carbocycles. The van der Waals surface area contributed by atoms with Gasteiger partial charge in [-0.3, -0.25) is 0 Å². The molecule has 1 aliphatic carbocycles. The number of hydrogen-bond donors (Lipinski definition) is 0. The van der Waals surface area contributed by atoms with Gasteiger partial charge in [-0.2, -0.15) is 0 Å². The molecule has 0 N–H and O–H groups in total. The molecule has 0 fully saturated rings. The summed E-state index contributed by atoms with van der Waals surface area (Å²) in [7, 11) is 0. The van der Waals surface area contributed by atoms with Crippen LogP contribution in [0.15, 0.2) is 235 Å². The third-order valence-corrected chi connectivity index (χ3v) is 12.6. The Balaban J connectivity index is 1.08. The van der Waals surface area contributed by atoms with E-state index in [2.05, 4.69) is 200 Å². The molecule has 0 atom stereocenters. The van der Waals surface area contributed by atoms with Crippen molar-refractivity contribution in [3.8, 4) is 67.3 Å². The van der Waals surface area contributed by atoms with Gasteiger partial charge >= 0.3 is 0 Å². The van der Waals surface area contributed by atoms with Gasteiger partial charge in [-0.15, -0.1) is 0 Å². The van der Waals surface area contributed by atoms with E-state index in [1.807, 2.05) is 30.3 Å². The number of benzene rings is 9. The number of aromatic nitrogens is 2. The van der Waals surface area contributed by atoms with Crippen LogP contribution < -0.4 is 0 Å². The molecule has 0 saturated carbocycles. The maximum atomic E-state index is 6.22. The lowest BCUT2D eigenvalue weighted by Gasteiger charge is -2.34. The van der Waals surface area contributed by atoms with Crippen LogP contribution in [0.1, 0.15) is 22.3 Å². The molecule has 290 valence electrons. The van der Waals surface area contributed by atoms with E-state index in [-0.39, 0.29) is 0 Å². The molecule has 0 bridgehead atoms. The molecule has 3 nitrogen and oxygen atoms in total. The minimum absolute atomic E-state index is 0.503. The van der Waals surface area contributed by atoms with Crippen molar-refractivity contribution in [2.75, 3.05) is 0 Å². The first-order valence-electron chi connectivity index (χ1n) is 21.2. The summed E-state index contributed by atoms with van der Waals surface area (Å²) in [5.74, 6) is 0.676. The summed E-state index contributed by atoms with van der Waals surface area (Å²) in [5, 5.41) is 2.20. The molecule has 0 amide bonds. The van der Waals surface area contributed by atoms with Crippen LogP contribution in [0.25, 0.3) is 89.2 Å². The van der Waals surface area contributed by atoms with Gasteiger partial charge in [-0.05, 0) is 79.9 Å². The van der Waals surface area contributed by atoms with Crippen molar-refractivity contribution < 1.29 is 4.42 Å². The fourth-order valence-electron chi connectivity index (χ4n) is 9.95. The van der Waals surface area contributed by atoms with Crippen molar-refractivity contribution in [2.45, 2.75) is 5.41 Å². The summed E-state index contributed by atoms with van der Waals surface area (Å²) < 4.78 is 6.22. The summed E-state index contributed by atoms with van der Waals surface area (Å²) >= 11 is 0. The summed E-state index contributed by atoms with van der Waals surface area (Å²) in [6.07, 6.45) is 0. The smallest absolute Gasteiger partial charge is 0.160 e. The number of furan rings is 1. The van der Waals surface area contributed by atoms with E-state index in [1.165, 1.54) is 38.9 Å². The van der Waals surface area contributed by atoms with Gasteiger partial charge in [0.05, 0.1) is 16.8 Å². The molecule has 11 aromatic rings. The lowest BCUT2D eigenvalue weighted by Crippen LogP contribution is -2.28. The van der Waals surface area contributed by atoms with E-state index in [4.69, 9.17) is 14.4 Å². The molecule has 3 heteroatoms. The number of para-hydroxylation sites is 1. The third kappa shape index (κ3) is 5.59. The molecular weight excluding hydrogens is 753 g/mol. The predicted molar refractivity (Wildman–Crippen MR) is 254 cm³/mol. The van der Waals surface area contributed by atoms with E-state index in [0.29, 0.717) is 5.82 Å². The molecule has 2 heterocycles. The number of hydrogen-bond acceptors (Lipinski definition) is 3. The minimum Gasteiger partial charge on any atom is -0.456 e. The highest BCUT2D eigenvalue weighted by molar-refractivity contribution is 6.07. The second-order valence-corrected chi connectivity index (χ2v) is 16.0. The van der Waals surface area contributed by atoms with Crippen LogP contribution >= 0.6 is 0 Å². The zero-order chi connectivity index (χ0) is 41.0. The normalized spacial score (nSPS) is 12.6. The van der Waals surface area contributed by atoms with Crippen molar-refractivity contribution >= 4 is 21.9 Å².